The van der Waals surface area contributed by atoms with Crippen molar-refractivity contribution in [2.24, 2.45) is 0 Å². The molecule has 33 heavy (non-hydrogen) atoms. The Hall–Kier alpha value is -3.38. The first kappa shape index (κ1) is 21.5. The normalized spacial score (nSPS) is 15.6. The monoisotopic (exact) mass is 442 g/mol. The Labute approximate surface area is 194 Å². The summed E-state index contributed by atoms with van der Waals surface area (Å²) < 4.78 is 5.77. The van der Waals surface area contributed by atoms with Gasteiger partial charge >= 0.3 is 0 Å². The number of rotatable bonds is 8. The lowest BCUT2D eigenvalue weighted by Crippen LogP contribution is -2.19. The van der Waals surface area contributed by atoms with Gasteiger partial charge in [0.1, 0.15) is 12.4 Å². The third-order valence-corrected chi connectivity index (χ3v) is 6.39. The Morgan fingerprint density at radius 1 is 1.12 bits per heavy atom. The second-order valence-electron chi connectivity index (χ2n) is 8.73. The fraction of sp³-hybridized carbons (Fsp3) is 0.333. The van der Waals surface area contributed by atoms with Gasteiger partial charge in [0.25, 0.3) is 0 Å². The highest BCUT2D eigenvalue weighted by Gasteiger charge is 2.25. The van der Waals surface area contributed by atoms with Crippen molar-refractivity contribution in [2.45, 2.75) is 25.2 Å². The molecule has 0 bridgehead atoms. The number of fused-ring (bicyclic) bond motifs is 1. The molecule has 1 amide bonds. The van der Waals surface area contributed by atoms with Gasteiger partial charge in [-0.25, -0.2) is 4.98 Å². The van der Waals surface area contributed by atoms with Gasteiger partial charge < -0.3 is 20.3 Å². The molecular formula is C27H30N4O2. The zero-order valence-electron chi connectivity index (χ0n) is 19.2. The second kappa shape index (κ2) is 9.24. The largest absolute Gasteiger partial charge is 0.492 e. The van der Waals surface area contributed by atoms with Crippen LogP contribution in [0.3, 0.4) is 0 Å². The van der Waals surface area contributed by atoms with E-state index >= 15 is 0 Å². The van der Waals surface area contributed by atoms with Crippen LogP contribution in [0.5, 0.6) is 5.75 Å². The van der Waals surface area contributed by atoms with Crippen molar-refractivity contribution >= 4 is 22.5 Å². The van der Waals surface area contributed by atoms with Gasteiger partial charge in [-0.05, 0) is 74.2 Å². The molecule has 1 aliphatic heterocycles. The van der Waals surface area contributed by atoms with E-state index < -0.39 is 0 Å². The number of likely N-dealkylation sites (N-methyl/N-ethyl adjacent to an activating group) is 2. The molecule has 1 aliphatic carbocycles. The van der Waals surface area contributed by atoms with E-state index in [1.165, 1.54) is 18.4 Å². The van der Waals surface area contributed by atoms with Crippen molar-refractivity contribution in [3.8, 4) is 17.0 Å². The Balaban J connectivity index is 1.53. The Morgan fingerprint density at radius 2 is 1.94 bits per heavy atom. The molecule has 2 aliphatic rings. The van der Waals surface area contributed by atoms with E-state index in [0.29, 0.717) is 12.5 Å². The van der Waals surface area contributed by atoms with E-state index in [-0.39, 0.29) is 5.91 Å². The van der Waals surface area contributed by atoms with E-state index in [9.17, 15) is 4.79 Å². The predicted molar refractivity (Wildman–Crippen MR) is 133 cm³/mol. The van der Waals surface area contributed by atoms with E-state index in [2.05, 4.69) is 51.9 Å². The van der Waals surface area contributed by atoms with E-state index in [1.807, 2.05) is 25.4 Å². The van der Waals surface area contributed by atoms with Crippen LogP contribution >= 0.6 is 0 Å². The topological polar surface area (TPSA) is 66.5 Å². The van der Waals surface area contributed by atoms with E-state index in [1.54, 1.807) is 7.05 Å². The maximum atomic E-state index is 12.2. The minimum atomic E-state index is -0.0130. The third kappa shape index (κ3) is 4.57. The number of ether oxygens (including phenoxy) is 1. The van der Waals surface area contributed by atoms with Crippen LogP contribution in [-0.4, -0.2) is 44.7 Å². The van der Waals surface area contributed by atoms with Gasteiger partial charge in [-0.2, -0.15) is 0 Å². The van der Waals surface area contributed by atoms with Gasteiger partial charge in [0.15, 0.2) is 0 Å². The van der Waals surface area contributed by atoms with Gasteiger partial charge in [-0.3, -0.25) is 4.79 Å². The van der Waals surface area contributed by atoms with Crippen molar-refractivity contribution in [3.63, 3.8) is 0 Å². The zero-order chi connectivity index (χ0) is 22.8. The molecule has 5 rings (SSSR count). The van der Waals surface area contributed by atoms with Gasteiger partial charge in [0, 0.05) is 42.9 Å². The fourth-order valence-corrected chi connectivity index (χ4v) is 4.36. The SMILES string of the molecule is CNCCOc1ccc(-c2cc(N3C=C(C(=O)NC)CC3)c3ccc(C4CC4)cc3n2)cc1. The number of anilines is 1. The molecule has 1 aromatic heterocycles. The predicted octanol–water partition coefficient (Wildman–Crippen LogP) is 4.22. The first-order chi connectivity index (χ1) is 16.2. The lowest BCUT2D eigenvalue weighted by Gasteiger charge is -2.19. The number of nitrogens with one attached hydrogen (secondary N) is 2. The summed E-state index contributed by atoms with van der Waals surface area (Å²) in [7, 11) is 3.59. The van der Waals surface area contributed by atoms with Crippen LogP contribution in [0.1, 0.15) is 30.7 Å². The van der Waals surface area contributed by atoms with E-state index in [0.717, 1.165) is 58.7 Å². The molecule has 6 heteroatoms. The summed E-state index contributed by atoms with van der Waals surface area (Å²) >= 11 is 0. The van der Waals surface area contributed by atoms with Crippen LogP contribution in [0.2, 0.25) is 0 Å². The van der Waals surface area contributed by atoms with Crippen molar-refractivity contribution in [1.29, 1.82) is 0 Å². The molecular weight excluding hydrogens is 412 g/mol. The molecule has 0 atom stereocenters. The number of hydrogen-bond acceptors (Lipinski definition) is 5. The van der Waals surface area contributed by atoms with Crippen LogP contribution in [0.4, 0.5) is 5.69 Å². The number of benzene rings is 2. The molecule has 0 saturated heterocycles. The van der Waals surface area contributed by atoms with E-state index in [4.69, 9.17) is 9.72 Å². The number of aromatic nitrogens is 1. The lowest BCUT2D eigenvalue weighted by molar-refractivity contribution is -0.117. The summed E-state index contributed by atoms with van der Waals surface area (Å²) in [6, 6.07) is 16.9. The average Bonchev–Trinajstić information content (AvgIpc) is 3.59. The number of carbonyl (C=O) groups is 1. The summed E-state index contributed by atoms with van der Waals surface area (Å²) in [6.07, 6.45) is 5.23. The maximum Gasteiger partial charge on any atom is 0.248 e. The first-order valence-corrected chi connectivity index (χ1v) is 11.7. The highest BCUT2D eigenvalue weighted by atomic mass is 16.5. The second-order valence-corrected chi connectivity index (χ2v) is 8.73. The third-order valence-electron chi connectivity index (χ3n) is 6.39. The molecule has 170 valence electrons. The standard InChI is InChI=1S/C27H30N4O2/c1-28-12-14-33-22-8-5-19(6-9-22)24-16-26(31-13-11-21(17-31)27(32)29-2)23-10-7-20(18-3-4-18)15-25(23)30-24/h5-10,15-18,28H,3-4,11-14H2,1-2H3,(H,29,32). The summed E-state index contributed by atoms with van der Waals surface area (Å²) in [4.78, 5) is 19.4. The van der Waals surface area contributed by atoms with Crippen molar-refractivity contribution in [1.82, 2.24) is 15.6 Å². The number of hydrogen-bond donors (Lipinski definition) is 2. The highest BCUT2D eigenvalue weighted by Crippen LogP contribution is 2.42. The van der Waals surface area contributed by atoms with Gasteiger partial charge in [-0.1, -0.05) is 12.1 Å². The molecule has 2 heterocycles. The van der Waals surface area contributed by atoms with Gasteiger partial charge in [-0.15, -0.1) is 0 Å². The minimum Gasteiger partial charge on any atom is -0.492 e. The van der Waals surface area contributed by atoms with Crippen molar-refractivity contribution < 1.29 is 9.53 Å². The van der Waals surface area contributed by atoms with Crippen molar-refractivity contribution in [3.05, 3.63) is 65.9 Å². The highest BCUT2D eigenvalue weighted by molar-refractivity contribution is 5.98. The molecule has 0 spiro atoms. The Bertz CT molecular complexity index is 1200. The van der Waals surface area contributed by atoms with Crippen LogP contribution in [-0.2, 0) is 4.79 Å². The van der Waals surface area contributed by atoms with Crippen LogP contribution in [0, 0.1) is 0 Å². The van der Waals surface area contributed by atoms with Gasteiger partial charge in [0.2, 0.25) is 5.91 Å². The number of nitrogens with zero attached hydrogens (tertiary/aromatic N) is 2. The summed E-state index contributed by atoms with van der Waals surface area (Å²) in [5.41, 5.74) is 6.24. The molecule has 6 nitrogen and oxygen atoms in total. The van der Waals surface area contributed by atoms with Crippen LogP contribution in [0.15, 0.2) is 60.3 Å². The first-order valence-electron chi connectivity index (χ1n) is 11.7. The van der Waals surface area contributed by atoms with Crippen LogP contribution in [0.25, 0.3) is 22.2 Å². The molecule has 0 unspecified atom stereocenters. The van der Waals surface area contributed by atoms with Crippen LogP contribution < -0.4 is 20.3 Å². The molecule has 2 N–H and O–H groups in total. The average molecular weight is 443 g/mol. The molecule has 3 aromatic rings. The molecule has 1 fully saturated rings. The summed E-state index contributed by atoms with van der Waals surface area (Å²) in [5.74, 6) is 1.51. The Kier molecular flexibility index (Phi) is 6.01. The zero-order valence-corrected chi connectivity index (χ0v) is 19.2. The molecule has 0 radical (unpaired) electrons. The summed E-state index contributed by atoms with van der Waals surface area (Å²) in [6.45, 7) is 2.22. The number of amides is 1. The fourth-order valence-electron chi connectivity index (χ4n) is 4.36. The van der Waals surface area contributed by atoms with Crippen molar-refractivity contribution in [2.75, 3.05) is 38.7 Å². The number of carbonyl (C=O) groups excluding carboxylic acids is 1. The number of pyridine rings is 1. The maximum absolute atomic E-state index is 12.2. The smallest absolute Gasteiger partial charge is 0.248 e. The quantitative estimate of drug-likeness (QED) is 0.512. The Morgan fingerprint density at radius 3 is 2.67 bits per heavy atom. The molecule has 2 aromatic carbocycles. The minimum absolute atomic E-state index is 0.0130. The molecule has 1 saturated carbocycles. The van der Waals surface area contributed by atoms with Gasteiger partial charge in [0.05, 0.1) is 16.9 Å². The summed E-state index contributed by atoms with van der Waals surface area (Å²) in [5, 5.41) is 6.94. The lowest BCUT2D eigenvalue weighted by atomic mass is 10.0.